The van der Waals surface area contributed by atoms with Crippen LogP contribution in [0.15, 0.2) is 76.0 Å². The summed E-state index contributed by atoms with van der Waals surface area (Å²) in [4.78, 5) is 26.5. The van der Waals surface area contributed by atoms with Crippen molar-refractivity contribution in [3.05, 3.63) is 92.7 Å². The number of hydrogen-bond acceptors (Lipinski definition) is 6. The van der Waals surface area contributed by atoms with E-state index in [4.69, 9.17) is 9.47 Å². The number of rotatable bonds is 6. The average Bonchev–Trinajstić information content (AvgIpc) is 3.32. The molecule has 2 N–H and O–H groups in total. The minimum absolute atomic E-state index is 0.0673. The number of aromatic nitrogens is 1. The van der Waals surface area contributed by atoms with Crippen molar-refractivity contribution in [1.82, 2.24) is 4.57 Å². The molecule has 8 heteroatoms. The van der Waals surface area contributed by atoms with Gasteiger partial charge < -0.3 is 24.5 Å². The molecule has 4 aromatic rings. The van der Waals surface area contributed by atoms with E-state index in [9.17, 15) is 14.7 Å². The number of fused-ring (bicyclic) bond motifs is 2. The fourth-order valence-corrected chi connectivity index (χ4v) is 4.57. The maximum atomic E-state index is 13.5. The molecule has 7 nitrogen and oxygen atoms in total. The van der Waals surface area contributed by atoms with E-state index in [0.29, 0.717) is 22.4 Å². The van der Waals surface area contributed by atoms with Crippen LogP contribution in [0.1, 0.15) is 28.4 Å². The van der Waals surface area contributed by atoms with Gasteiger partial charge in [-0.05, 0) is 57.9 Å². The Kier molecular flexibility index (Phi) is 5.75. The topological polar surface area (TPSA) is 89.8 Å². The molecule has 34 heavy (non-hydrogen) atoms. The third kappa shape index (κ3) is 3.90. The van der Waals surface area contributed by atoms with E-state index in [2.05, 4.69) is 21.2 Å². The zero-order chi connectivity index (χ0) is 23.8. The van der Waals surface area contributed by atoms with Crippen molar-refractivity contribution in [2.75, 3.05) is 12.1 Å². The number of hydrogen-bond donors (Lipinski definition) is 2. The van der Waals surface area contributed by atoms with E-state index in [-0.39, 0.29) is 24.5 Å². The van der Waals surface area contributed by atoms with E-state index >= 15 is 0 Å². The zero-order valence-electron chi connectivity index (χ0n) is 18.2. The van der Waals surface area contributed by atoms with E-state index in [0.717, 1.165) is 15.7 Å². The molecule has 1 aliphatic heterocycles. The summed E-state index contributed by atoms with van der Waals surface area (Å²) in [6.45, 7) is 0.140. The lowest BCUT2D eigenvalue weighted by Gasteiger charge is -2.21. The maximum Gasteiger partial charge on any atom is 0.265 e. The Balaban J connectivity index is 1.56. The molecule has 0 fully saturated rings. The number of pyridine rings is 1. The van der Waals surface area contributed by atoms with Gasteiger partial charge in [-0.15, -0.1) is 0 Å². The number of aryl methyl sites for hydroxylation is 1. The third-order valence-corrected chi connectivity index (χ3v) is 6.64. The number of Topliss-reactive ketones (excluding diaryl/α,β-unsaturated/α-hetero) is 1. The number of carbonyl (C=O) groups is 1. The largest absolute Gasteiger partial charge is 0.506 e. The molecular formula is C26H21BrN2O5. The second-order valence-corrected chi connectivity index (χ2v) is 8.88. The fourth-order valence-electron chi connectivity index (χ4n) is 4.17. The number of anilines is 1. The van der Waals surface area contributed by atoms with Crippen molar-refractivity contribution in [3.63, 3.8) is 0 Å². The molecule has 0 amide bonds. The van der Waals surface area contributed by atoms with Crippen molar-refractivity contribution in [2.24, 2.45) is 7.05 Å². The van der Waals surface area contributed by atoms with Crippen molar-refractivity contribution in [2.45, 2.75) is 12.5 Å². The fraction of sp³-hybridized carbons (Fsp3) is 0.154. The summed E-state index contributed by atoms with van der Waals surface area (Å²) in [6.07, 6.45) is -0.0673. The Morgan fingerprint density at radius 1 is 1.09 bits per heavy atom. The smallest absolute Gasteiger partial charge is 0.265 e. The maximum absolute atomic E-state index is 13.5. The van der Waals surface area contributed by atoms with Crippen LogP contribution in [0.4, 0.5) is 5.69 Å². The first-order chi connectivity index (χ1) is 16.4. The molecule has 5 rings (SSSR count). The number of ether oxygens (including phenoxy) is 2. The lowest BCUT2D eigenvalue weighted by molar-refractivity contribution is 0.0972. The van der Waals surface area contributed by atoms with Crippen molar-refractivity contribution in [3.8, 4) is 17.2 Å². The van der Waals surface area contributed by atoms with Gasteiger partial charge in [0.1, 0.15) is 11.3 Å². The third-order valence-electron chi connectivity index (χ3n) is 5.95. The van der Waals surface area contributed by atoms with Gasteiger partial charge in [0.05, 0.1) is 11.6 Å². The lowest BCUT2D eigenvalue weighted by atomic mass is 9.96. The first kappa shape index (κ1) is 22.0. The number of nitrogens with one attached hydrogen (secondary N) is 1. The minimum Gasteiger partial charge on any atom is -0.506 e. The Morgan fingerprint density at radius 3 is 2.65 bits per heavy atom. The normalized spacial score (nSPS) is 13.1. The lowest BCUT2D eigenvalue weighted by Crippen LogP contribution is -2.26. The number of benzene rings is 3. The van der Waals surface area contributed by atoms with E-state index < -0.39 is 17.4 Å². The molecule has 0 aliphatic carbocycles. The summed E-state index contributed by atoms with van der Waals surface area (Å²) >= 11 is 3.53. The first-order valence-electron chi connectivity index (χ1n) is 10.7. The van der Waals surface area contributed by atoms with Crippen LogP contribution < -0.4 is 20.3 Å². The molecule has 2 heterocycles. The molecule has 172 valence electrons. The highest BCUT2D eigenvalue weighted by Gasteiger charge is 2.26. The predicted octanol–water partition coefficient (Wildman–Crippen LogP) is 5.16. The van der Waals surface area contributed by atoms with Crippen LogP contribution in [-0.2, 0) is 7.05 Å². The molecule has 0 bridgehead atoms. The SMILES string of the molecule is Cn1c(=O)c(C(=O)C[C@@H](Nc2ccccc2Br)c2ccc3c(c2)OCO3)c(O)c2ccccc21. The molecule has 0 radical (unpaired) electrons. The standard InChI is InChI=1S/C26H21BrN2O5/c1-29-20-9-5-2-6-16(20)25(31)24(26(29)32)21(30)13-19(28-18-8-4-3-7-17(18)27)15-10-11-22-23(12-15)34-14-33-22/h2-12,19,28,31H,13-14H2,1H3/t19-/m1/s1. The number of ketones is 1. The molecule has 0 saturated heterocycles. The second kappa shape index (κ2) is 8.87. The molecule has 1 aliphatic rings. The van der Waals surface area contributed by atoms with Crippen LogP contribution in [0.25, 0.3) is 10.9 Å². The summed E-state index contributed by atoms with van der Waals surface area (Å²) in [5.74, 6) is 0.462. The highest BCUT2D eigenvalue weighted by Crippen LogP contribution is 2.37. The van der Waals surface area contributed by atoms with Crippen LogP contribution in [0.2, 0.25) is 0 Å². The van der Waals surface area contributed by atoms with Gasteiger partial charge in [0, 0.05) is 29.0 Å². The molecule has 0 spiro atoms. The van der Waals surface area contributed by atoms with Crippen molar-refractivity contribution >= 4 is 38.3 Å². The molecule has 0 unspecified atom stereocenters. The van der Waals surface area contributed by atoms with Gasteiger partial charge >= 0.3 is 0 Å². The predicted molar refractivity (Wildman–Crippen MR) is 133 cm³/mol. The van der Waals surface area contributed by atoms with E-state index in [1.807, 2.05) is 36.4 Å². The molecule has 1 aromatic heterocycles. The molecule has 0 saturated carbocycles. The quantitative estimate of drug-likeness (QED) is 0.341. The van der Waals surface area contributed by atoms with Crippen LogP contribution in [-0.4, -0.2) is 22.2 Å². The van der Waals surface area contributed by atoms with Gasteiger partial charge in [-0.2, -0.15) is 0 Å². The summed E-state index contributed by atoms with van der Waals surface area (Å²) in [5.41, 5.74) is 1.37. The van der Waals surface area contributed by atoms with Gasteiger partial charge in [0.15, 0.2) is 17.3 Å². The summed E-state index contributed by atoms with van der Waals surface area (Å²) in [7, 11) is 1.59. The minimum atomic E-state index is -0.536. The summed E-state index contributed by atoms with van der Waals surface area (Å²) < 4.78 is 13.1. The van der Waals surface area contributed by atoms with Crippen LogP contribution in [0, 0.1) is 0 Å². The monoisotopic (exact) mass is 520 g/mol. The number of para-hydroxylation sites is 2. The molecule has 1 atom stereocenters. The zero-order valence-corrected chi connectivity index (χ0v) is 19.8. The highest BCUT2D eigenvalue weighted by atomic mass is 79.9. The average molecular weight is 521 g/mol. The Morgan fingerprint density at radius 2 is 1.82 bits per heavy atom. The van der Waals surface area contributed by atoms with E-state index in [1.54, 1.807) is 37.4 Å². The van der Waals surface area contributed by atoms with Crippen LogP contribution in [0.5, 0.6) is 17.2 Å². The molecular weight excluding hydrogens is 500 g/mol. The van der Waals surface area contributed by atoms with Gasteiger partial charge in [-0.3, -0.25) is 9.59 Å². The van der Waals surface area contributed by atoms with Gasteiger partial charge in [-0.25, -0.2) is 0 Å². The highest BCUT2D eigenvalue weighted by molar-refractivity contribution is 9.10. The Hall–Kier alpha value is -3.78. The van der Waals surface area contributed by atoms with Crippen molar-refractivity contribution in [1.29, 1.82) is 0 Å². The number of carbonyl (C=O) groups excluding carboxylic acids is 1. The van der Waals surface area contributed by atoms with Gasteiger partial charge in [0.2, 0.25) is 6.79 Å². The first-order valence-corrected chi connectivity index (χ1v) is 11.5. The van der Waals surface area contributed by atoms with E-state index in [1.165, 1.54) is 4.57 Å². The van der Waals surface area contributed by atoms with Crippen LogP contribution >= 0.6 is 15.9 Å². The second-order valence-electron chi connectivity index (χ2n) is 8.02. The van der Waals surface area contributed by atoms with Gasteiger partial charge in [0.25, 0.3) is 5.56 Å². The number of halogens is 1. The Bertz CT molecular complexity index is 1480. The summed E-state index contributed by atoms with van der Waals surface area (Å²) in [6, 6.07) is 19.5. The summed E-state index contributed by atoms with van der Waals surface area (Å²) in [5, 5.41) is 14.7. The molecule has 3 aromatic carbocycles. The number of aromatic hydroxyl groups is 1. The van der Waals surface area contributed by atoms with Crippen LogP contribution in [0.3, 0.4) is 0 Å². The van der Waals surface area contributed by atoms with Crippen molar-refractivity contribution < 1.29 is 19.4 Å². The van der Waals surface area contributed by atoms with Gasteiger partial charge in [-0.1, -0.05) is 30.3 Å². The number of nitrogens with zero attached hydrogens (tertiary/aromatic N) is 1. The Labute approximate surface area is 203 Å².